The summed E-state index contributed by atoms with van der Waals surface area (Å²) >= 11 is 0. The average Bonchev–Trinajstić information content (AvgIpc) is 2.99. The summed E-state index contributed by atoms with van der Waals surface area (Å²) in [4.78, 5) is 0. The molecular formula is C36H84BN3O3. The quantitative estimate of drug-likeness (QED) is 0.0350. The first-order valence-electron chi connectivity index (χ1n) is 19.1. The van der Waals surface area contributed by atoms with Crippen molar-refractivity contribution in [1.82, 2.24) is 0 Å². The van der Waals surface area contributed by atoms with Crippen molar-refractivity contribution >= 4 is 7.32 Å². The molecule has 0 atom stereocenters. The van der Waals surface area contributed by atoms with Crippen LogP contribution in [0.5, 0.6) is 0 Å². The highest BCUT2D eigenvalue weighted by Crippen LogP contribution is 2.12. The van der Waals surface area contributed by atoms with Gasteiger partial charge in [0.2, 0.25) is 0 Å². The summed E-state index contributed by atoms with van der Waals surface area (Å²) in [5, 5.41) is 21.5. The Labute approximate surface area is 272 Å². The van der Waals surface area contributed by atoms with Gasteiger partial charge >= 0.3 is 7.32 Å². The van der Waals surface area contributed by atoms with E-state index in [1.807, 2.05) is 0 Å². The Hall–Kier alpha value is -0.175. The Bertz CT molecular complexity index is 323. The van der Waals surface area contributed by atoms with Crippen molar-refractivity contribution in [2.24, 2.45) is 17.2 Å². The molecule has 9 N–H and O–H groups in total. The van der Waals surface area contributed by atoms with Gasteiger partial charge in [-0.25, -0.2) is 0 Å². The second kappa shape index (κ2) is 54.3. The summed E-state index contributed by atoms with van der Waals surface area (Å²) < 4.78 is 0. The zero-order valence-corrected chi connectivity index (χ0v) is 30.0. The second-order valence-corrected chi connectivity index (χ2v) is 12.3. The summed E-state index contributed by atoms with van der Waals surface area (Å²) in [6.07, 6.45) is 41.8. The predicted molar refractivity (Wildman–Crippen MR) is 195 cm³/mol. The Balaban J connectivity index is -0.000000249. The van der Waals surface area contributed by atoms with E-state index < -0.39 is 7.32 Å². The molecular weight excluding hydrogens is 533 g/mol. The van der Waals surface area contributed by atoms with Crippen LogP contribution >= 0.6 is 0 Å². The largest absolute Gasteiger partial charge is 0.631 e. The summed E-state index contributed by atoms with van der Waals surface area (Å²) in [6, 6.07) is 0. The third-order valence-electron chi connectivity index (χ3n) is 7.67. The molecule has 0 aliphatic carbocycles. The van der Waals surface area contributed by atoms with Gasteiger partial charge in [-0.15, -0.1) is 0 Å². The number of unbranched alkanes of at least 4 members (excludes halogenated alkanes) is 27. The molecule has 0 aromatic carbocycles. The molecule has 264 valence electrons. The van der Waals surface area contributed by atoms with Gasteiger partial charge in [-0.05, 0) is 38.9 Å². The van der Waals surface area contributed by atoms with Crippen molar-refractivity contribution in [3.05, 3.63) is 0 Å². The maximum atomic E-state index is 7.17. The number of nitrogens with two attached hydrogens (primary N) is 3. The fourth-order valence-electron chi connectivity index (χ4n) is 4.90. The number of hydrogen-bond donors (Lipinski definition) is 6. The van der Waals surface area contributed by atoms with Gasteiger partial charge in [0.1, 0.15) is 0 Å². The fourth-order valence-corrected chi connectivity index (χ4v) is 4.90. The SMILES string of the molecule is CCCCCCCCCCCCN.CCCCCCCCCCCCN.CCCCCCCCCCCCN.OB(O)O. The molecule has 0 unspecified atom stereocenters. The van der Waals surface area contributed by atoms with E-state index in [9.17, 15) is 0 Å². The Morgan fingerprint density at radius 2 is 0.395 bits per heavy atom. The first-order chi connectivity index (χ1) is 21.0. The van der Waals surface area contributed by atoms with Gasteiger partial charge in [-0.2, -0.15) is 0 Å². The summed E-state index contributed by atoms with van der Waals surface area (Å²) in [5.41, 5.74) is 16.3. The lowest BCUT2D eigenvalue weighted by molar-refractivity contribution is 0.278. The minimum Gasteiger partial charge on any atom is -0.402 e. The molecule has 0 radical (unpaired) electrons. The molecule has 7 heteroatoms. The fraction of sp³-hybridized carbons (Fsp3) is 1.00. The van der Waals surface area contributed by atoms with Gasteiger partial charge in [-0.1, -0.05) is 194 Å². The molecule has 0 aliphatic rings. The topological polar surface area (TPSA) is 139 Å². The van der Waals surface area contributed by atoms with Crippen LogP contribution in [0, 0.1) is 0 Å². The van der Waals surface area contributed by atoms with Gasteiger partial charge < -0.3 is 32.3 Å². The van der Waals surface area contributed by atoms with Gasteiger partial charge in [0.25, 0.3) is 0 Å². The zero-order valence-electron chi connectivity index (χ0n) is 30.0. The molecule has 6 nitrogen and oxygen atoms in total. The Kier molecular flexibility index (Phi) is 62.8. The van der Waals surface area contributed by atoms with E-state index in [2.05, 4.69) is 20.8 Å². The van der Waals surface area contributed by atoms with E-state index in [0.717, 1.165) is 19.6 Å². The highest BCUT2D eigenvalue weighted by molar-refractivity contribution is 6.30. The lowest BCUT2D eigenvalue weighted by Gasteiger charge is -2.00. The van der Waals surface area contributed by atoms with Crippen molar-refractivity contribution in [2.75, 3.05) is 19.6 Å². The van der Waals surface area contributed by atoms with Gasteiger partial charge in [0, 0.05) is 0 Å². The van der Waals surface area contributed by atoms with Crippen LogP contribution in [-0.2, 0) is 0 Å². The number of hydrogen-bond acceptors (Lipinski definition) is 6. The van der Waals surface area contributed by atoms with Crippen LogP contribution in [-0.4, -0.2) is 42.0 Å². The van der Waals surface area contributed by atoms with E-state index in [4.69, 9.17) is 32.3 Å². The van der Waals surface area contributed by atoms with Crippen molar-refractivity contribution < 1.29 is 15.1 Å². The Morgan fingerprint density at radius 3 is 0.512 bits per heavy atom. The third-order valence-corrected chi connectivity index (χ3v) is 7.67. The third kappa shape index (κ3) is 74.6. The molecule has 0 amide bonds. The first-order valence-corrected chi connectivity index (χ1v) is 19.1. The maximum Gasteiger partial charge on any atom is 0.631 e. The van der Waals surface area contributed by atoms with Crippen LogP contribution in [0.15, 0.2) is 0 Å². The molecule has 0 rings (SSSR count). The van der Waals surface area contributed by atoms with Gasteiger partial charge in [0.05, 0.1) is 0 Å². The molecule has 0 saturated carbocycles. The summed E-state index contributed by atoms with van der Waals surface area (Å²) in [5.74, 6) is 0. The summed E-state index contributed by atoms with van der Waals surface area (Å²) in [6.45, 7) is 9.43. The van der Waals surface area contributed by atoms with E-state index in [0.29, 0.717) is 0 Å². The average molecular weight is 618 g/mol. The zero-order chi connectivity index (χ0) is 32.9. The lowest BCUT2D eigenvalue weighted by atomic mass is 10.1. The molecule has 0 heterocycles. The maximum absolute atomic E-state index is 7.17. The molecule has 0 aromatic rings. The van der Waals surface area contributed by atoms with Crippen LogP contribution in [0.25, 0.3) is 0 Å². The van der Waals surface area contributed by atoms with Crippen LogP contribution in [0.4, 0.5) is 0 Å². The molecule has 0 saturated heterocycles. The smallest absolute Gasteiger partial charge is 0.402 e. The molecule has 0 aromatic heterocycles. The van der Waals surface area contributed by atoms with E-state index in [1.165, 1.54) is 193 Å². The van der Waals surface area contributed by atoms with Crippen molar-refractivity contribution in [3.8, 4) is 0 Å². The highest BCUT2D eigenvalue weighted by atomic mass is 16.5. The standard InChI is InChI=1S/3C12H27N.BH3O3/c3*1-2-3-4-5-6-7-8-9-10-11-12-13;2-1(3)4/h3*2-13H2,1H3;2-4H. The number of rotatable bonds is 30. The van der Waals surface area contributed by atoms with Crippen LogP contribution in [0.3, 0.4) is 0 Å². The lowest BCUT2D eigenvalue weighted by Crippen LogP contribution is -2.07. The van der Waals surface area contributed by atoms with Crippen molar-refractivity contribution in [2.45, 2.75) is 213 Å². The van der Waals surface area contributed by atoms with Gasteiger partial charge in [0.15, 0.2) is 0 Å². The van der Waals surface area contributed by atoms with Crippen molar-refractivity contribution in [3.63, 3.8) is 0 Å². The summed E-state index contributed by atoms with van der Waals surface area (Å²) in [7, 11) is -2.17. The minimum atomic E-state index is -2.17. The minimum absolute atomic E-state index is 0.872. The molecule has 0 fully saturated rings. The molecule has 0 spiro atoms. The predicted octanol–water partition coefficient (Wildman–Crippen LogP) is 9.55. The first kappa shape index (κ1) is 49.7. The second-order valence-electron chi connectivity index (χ2n) is 12.3. The molecule has 43 heavy (non-hydrogen) atoms. The normalized spacial score (nSPS) is 10.3. The highest BCUT2D eigenvalue weighted by Gasteiger charge is 1.94. The molecule has 0 aliphatic heterocycles. The van der Waals surface area contributed by atoms with Gasteiger partial charge in [-0.3, -0.25) is 0 Å². The monoisotopic (exact) mass is 618 g/mol. The van der Waals surface area contributed by atoms with Crippen LogP contribution < -0.4 is 17.2 Å². The van der Waals surface area contributed by atoms with Crippen molar-refractivity contribution in [1.29, 1.82) is 0 Å². The molecule has 0 bridgehead atoms. The van der Waals surface area contributed by atoms with E-state index in [-0.39, 0.29) is 0 Å². The Morgan fingerprint density at radius 1 is 0.279 bits per heavy atom. The van der Waals surface area contributed by atoms with Crippen LogP contribution in [0.2, 0.25) is 0 Å². The van der Waals surface area contributed by atoms with E-state index >= 15 is 0 Å². The van der Waals surface area contributed by atoms with E-state index in [1.54, 1.807) is 0 Å². The van der Waals surface area contributed by atoms with Crippen LogP contribution in [0.1, 0.15) is 213 Å².